The molecule has 0 saturated carbocycles. The first kappa shape index (κ1) is 8.51. The first-order valence-electron chi connectivity index (χ1n) is 3.08. The van der Waals surface area contributed by atoms with Crippen molar-refractivity contribution >= 4 is 11.4 Å². The Morgan fingerprint density at radius 3 is 2.42 bits per heavy atom. The largest absolute Gasteiger partial charge is 0.397 e. The van der Waals surface area contributed by atoms with E-state index in [0.29, 0.717) is 0 Å². The number of aromatic nitrogens is 1. The number of nitrogens with one attached hydrogen (secondary N) is 1. The van der Waals surface area contributed by atoms with Crippen LogP contribution in [0.15, 0.2) is 10.9 Å². The summed E-state index contributed by atoms with van der Waals surface area (Å²) in [5.74, 6) is 0. The molecule has 1 heterocycles. The van der Waals surface area contributed by atoms with Gasteiger partial charge in [0.1, 0.15) is 5.69 Å². The van der Waals surface area contributed by atoms with Gasteiger partial charge >= 0.3 is 0 Å². The van der Waals surface area contributed by atoms with Crippen molar-refractivity contribution in [2.45, 2.75) is 6.43 Å². The smallest absolute Gasteiger partial charge is 0.280 e. The van der Waals surface area contributed by atoms with Gasteiger partial charge in [-0.1, -0.05) is 0 Å². The maximum absolute atomic E-state index is 12.0. The number of H-pyrrole nitrogens is 1. The molecule has 0 unspecified atom stereocenters. The van der Waals surface area contributed by atoms with Gasteiger partial charge in [-0.25, -0.2) is 8.78 Å². The van der Waals surface area contributed by atoms with Crippen molar-refractivity contribution in [3.05, 3.63) is 22.1 Å². The zero-order valence-corrected chi connectivity index (χ0v) is 5.97. The normalized spacial score (nSPS) is 10.6. The Balaban J connectivity index is 3.33. The highest BCUT2D eigenvalue weighted by Gasteiger charge is 2.13. The van der Waals surface area contributed by atoms with Gasteiger partial charge in [-0.05, 0) is 6.07 Å². The van der Waals surface area contributed by atoms with Gasteiger partial charge in [-0.15, -0.1) is 0 Å². The molecule has 0 aliphatic rings. The van der Waals surface area contributed by atoms with E-state index < -0.39 is 17.7 Å². The van der Waals surface area contributed by atoms with Crippen LogP contribution in [0.2, 0.25) is 0 Å². The summed E-state index contributed by atoms with van der Waals surface area (Å²) in [6.07, 6.45) is -2.79. The highest BCUT2D eigenvalue weighted by molar-refractivity contribution is 5.52. The van der Waals surface area contributed by atoms with E-state index in [0.717, 1.165) is 6.07 Å². The highest BCUT2D eigenvalue weighted by Crippen LogP contribution is 2.21. The molecule has 0 atom stereocenters. The molecule has 0 spiro atoms. The third-order valence-corrected chi connectivity index (χ3v) is 1.35. The molecule has 0 fully saturated rings. The molecule has 12 heavy (non-hydrogen) atoms. The van der Waals surface area contributed by atoms with Gasteiger partial charge in [0.15, 0.2) is 0 Å². The summed E-state index contributed by atoms with van der Waals surface area (Å²) in [7, 11) is 0. The summed E-state index contributed by atoms with van der Waals surface area (Å²) in [5.41, 5.74) is 8.57. The SMILES string of the molecule is Nc1cc(N)c(=O)[nH]c1C(F)F. The molecular formula is C6H7F2N3O. The molecule has 0 amide bonds. The molecule has 1 aromatic rings. The van der Waals surface area contributed by atoms with Crippen LogP contribution in [0, 0.1) is 0 Å². The summed E-state index contributed by atoms with van der Waals surface area (Å²) in [4.78, 5) is 12.6. The summed E-state index contributed by atoms with van der Waals surface area (Å²) < 4.78 is 24.1. The second-order valence-corrected chi connectivity index (χ2v) is 2.22. The minimum absolute atomic E-state index is 0.170. The number of hydrogen-bond donors (Lipinski definition) is 3. The van der Waals surface area contributed by atoms with E-state index in [2.05, 4.69) is 0 Å². The van der Waals surface area contributed by atoms with Gasteiger partial charge in [0.05, 0.1) is 11.4 Å². The van der Waals surface area contributed by atoms with Crippen molar-refractivity contribution in [1.82, 2.24) is 4.98 Å². The Morgan fingerprint density at radius 2 is 1.92 bits per heavy atom. The van der Waals surface area contributed by atoms with Crippen LogP contribution in [0.5, 0.6) is 0 Å². The average molecular weight is 175 g/mol. The second kappa shape index (κ2) is 2.80. The van der Waals surface area contributed by atoms with E-state index in [-0.39, 0.29) is 11.4 Å². The minimum atomic E-state index is -2.79. The van der Waals surface area contributed by atoms with E-state index in [1.807, 2.05) is 4.98 Å². The molecule has 4 nitrogen and oxygen atoms in total. The van der Waals surface area contributed by atoms with E-state index in [4.69, 9.17) is 11.5 Å². The third-order valence-electron chi connectivity index (χ3n) is 1.35. The highest BCUT2D eigenvalue weighted by atomic mass is 19.3. The first-order chi connectivity index (χ1) is 5.52. The number of pyridine rings is 1. The number of rotatable bonds is 1. The maximum atomic E-state index is 12.0. The van der Waals surface area contributed by atoms with E-state index in [9.17, 15) is 13.6 Å². The lowest BCUT2D eigenvalue weighted by atomic mass is 10.3. The van der Waals surface area contributed by atoms with Crippen LogP contribution in [0.1, 0.15) is 12.1 Å². The molecule has 0 aromatic carbocycles. The Labute approximate surface area is 66.2 Å². The second-order valence-electron chi connectivity index (χ2n) is 2.22. The maximum Gasteiger partial charge on any atom is 0.280 e. The number of anilines is 2. The molecule has 66 valence electrons. The number of alkyl halides is 2. The quantitative estimate of drug-likeness (QED) is 0.580. The monoisotopic (exact) mass is 175 g/mol. The Hall–Kier alpha value is -1.59. The van der Waals surface area contributed by atoms with E-state index in [1.54, 1.807) is 0 Å². The molecule has 6 heteroatoms. The van der Waals surface area contributed by atoms with Crippen molar-refractivity contribution < 1.29 is 8.78 Å². The lowest BCUT2D eigenvalue weighted by Gasteiger charge is -2.03. The molecule has 0 aliphatic carbocycles. The Kier molecular flexibility index (Phi) is 1.99. The fourth-order valence-corrected chi connectivity index (χ4v) is 0.758. The molecule has 0 aliphatic heterocycles. The fraction of sp³-hybridized carbons (Fsp3) is 0.167. The Morgan fingerprint density at radius 1 is 1.33 bits per heavy atom. The van der Waals surface area contributed by atoms with Crippen molar-refractivity contribution in [2.75, 3.05) is 11.5 Å². The number of aromatic amines is 1. The number of halogens is 2. The standard InChI is InChI=1S/C6H7F2N3O/c7-5(8)4-2(9)1-3(10)6(12)11-4/h1,5H,9-10H2,(H,11,12). The van der Waals surface area contributed by atoms with Crippen LogP contribution < -0.4 is 17.0 Å². The summed E-state index contributed by atoms with van der Waals surface area (Å²) >= 11 is 0. The van der Waals surface area contributed by atoms with Crippen molar-refractivity contribution in [3.8, 4) is 0 Å². The topological polar surface area (TPSA) is 84.9 Å². The van der Waals surface area contributed by atoms with Crippen LogP contribution in [-0.4, -0.2) is 4.98 Å². The predicted octanol–water partition coefficient (Wildman–Crippen LogP) is 0.477. The van der Waals surface area contributed by atoms with E-state index in [1.165, 1.54) is 0 Å². The van der Waals surface area contributed by atoms with Gasteiger partial charge in [-0.2, -0.15) is 0 Å². The summed E-state index contributed by atoms with van der Waals surface area (Å²) in [6.45, 7) is 0. The van der Waals surface area contributed by atoms with Crippen LogP contribution in [0.3, 0.4) is 0 Å². The van der Waals surface area contributed by atoms with Crippen molar-refractivity contribution in [2.24, 2.45) is 0 Å². The van der Waals surface area contributed by atoms with Crippen LogP contribution in [0.4, 0.5) is 20.2 Å². The molecule has 1 rings (SSSR count). The number of hydrogen-bond acceptors (Lipinski definition) is 3. The lowest BCUT2D eigenvalue weighted by molar-refractivity contribution is 0.147. The zero-order valence-electron chi connectivity index (χ0n) is 5.97. The lowest BCUT2D eigenvalue weighted by Crippen LogP contribution is -2.15. The number of nitrogen functional groups attached to an aromatic ring is 2. The van der Waals surface area contributed by atoms with Crippen LogP contribution in [-0.2, 0) is 0 Å². The fourth-order valence-electron chi connectivity index (χ4n) is 0.758. The van der Waals surface area contributed by atoms with Gasteiger partial charge in [0, 0.05) is 0 Å². The Bertz CT molecular complexity index is 347. The molecule has 1 aromatic heterocycles. The van der Waals surface area contributed by atoms with Crippen molar-refractivity contribution in [1.29, 1.82) is 0 Å². The average Bonchev–Trinajstić information content (AvgIpc) is 1.96. The predicted molar refractivity (Wildman–Crippen MR) is 40.8 cm³/mol. The van der Waals surface area contributed by atoms with Gasteiger partial charge < -0.3 is 16.5 Å². The van der Waals surface area contributed by atoms with Crippen LogP contribution >= 0.6 is 0 Å². The first-order valence-corrected chi connectivity index (χ1v) is 3.08. The molecule has 0 radical (unpaired) electrons. The molecule has 0 saturated heterocycles. The zero-order chi connectivity index (χ0) is 9.30. The van der Waals surface area contributed by atoms with Crippen LogP contribution in [0.25, 0.3) is 0 Å². The van der Waals surface area contributed by atoms with Gasteiger partial charge in [-0.3, -0.25) is 4.79 Å². The molecule has 0 bridgehead atoms. The molecule has 5 N–H and O–H groups in total. The minimum Gasteiger partial charge on any atom is -0.397 e. The molecular weight excluding hydrogens is 168 g/mol. The summed E-state index contributed by atoms with van der Waals surface area (Å²) in [6, 6.07) is 1.01. The van der Waals surface area contributed by atoms with Gasteiger partial charge in [0.2, 0.25) is 0 Å². The van der Waals surface area contributed by atoms with Gasteiger partial charge in [0.25, 0.3) is 12.0 Å². The number of nitrogens with two attached hydrogens (primary N) is 2. The van der Waals surface area contributed by atoms with Crippen molar-refractivity contribution in [3.63, 3.8) is 0 Å². The third kappa shape index (κ3) is 1.36. The van der Waals surface area contributed by atoms with E-state index >= 15 is 0 Å². The summed E-state index contributed by atoms with van der Waals surface area (Å²) in [5, 5.41) is 0.